The van der Waals surface area contributed by atoms with Crippen LogP contribution in [0.15, 0.2) is 42.5 Å². The Morgan fingerprint density at radius 3 is 2.11 bits per heavy atom. The zero-order valence-electron chi connectivity index (χ0n) is 14.3. The number of carbonyl (C=O) groups excluding carboxylic acids is 1. The van der Waals surface area contributed by atoms with E-state index in [0.717, 1.165) is 11.1 Å². The highest BCUT2D eigenvalue weighted by Gasteiger charge is 2.37. The smallest absolute Gasteiger partial charge is 0.371 e. The Balaban J connectivity index is 1.74. The molecule has 150 valence electrons. The van der Waals surface area contributed by atoms with E-state index in [1.165, 1.54) is 0 Å². The van der Waals surface area contributed by atoms with Gasteiger partial charge in [0.25, 0.3) is 5.91 Å². The number of hydrogen-bond acceptors (Lipinski definition) is 2. The molecule has 28 heavy (non-hydrogen) atoms. The molecule has 1 aliphatic heterocycles. The van der Waals surface area contributed by atoms with Crippen molar-refractivity contribution in [2.45, 2.75) is 31.5 Å². The third-order valence-electron chi connectivity index (χ3n) is 4.38. The number of nitrogens with one attached hydrogen (secondary N) is 1. The Labute approximate surface area is 156 Å². The number of carbonyl (C=O) groups is 1. The predicted octanol–water partition coefficient (Wildman–Crippen LogP) is 4.60. The number of alkyl halides is 6. The molecule has 1 N–H and O–H groups in total. The van der Waals surface area contributed by atoms with Crippen molar-refractivity contribution in [2.75, 3.05) is 6.54 Å². The summed E-state index contributed by atoms with van der Waals surface area (Å²) < 4.78 is 83.0. The van der Waals surface area contributed by atoms with Gasteiger partial charge in [0.2, 0.25) is 0 Å². The Morgan fingerprint density at radius 2 is 1.54 bits per heavy atom. The lowest BCUT2D eigenvalue weighted by Crippen LogP contribution is -2.37. The van der Waals surface area contributed by atoms with Gasteiger partial charge in [-0.15, -0.1) is 0 Å². The number of amides is 1. The monoisotopic (exact) mass is 403 g/mol. The minimum Gasteiger partial charge on any atom is -0.371 e. The Kier molecular flexibility index (Phi) is 5.38. The minimum absolute atomic E-state index is 0.0159. The minimum atomic E-state index is -5.01. The van der Waals surface area contributed by atoms with Crippen molar-refractivity contribution in [2.24, 2.45) is 0 Å². The van der Waals surface area contributed by atoms with Crippen LogP contribution in [0.2, 0.25) is 0 Å². The van der Waals surface area contributed by atoms with Gasteiger partial charge in [-0.1, -0.05) is 24.3 Å². The summed E-state index contributed by atoms with van der Waals surface area (Å²) in [5.74, 6) is -1.03. The molecular formula is C19H15F6NO2. The van der Waals surface area contributed by atoms with Crippen LogP contribution in [0.4, 0.5) is 26.3 Å². The van der Waals surface area contributed by atoms with Crippen LogP contribution in [-0.4, -0.2) is 18.6 Å². The number of hydrogen-bond donors (Lipinski definition) is 1. The van der Waals surface area contributed by atoms with Gasteiger partial charge in [0.1, 0.15) is 0 Å². The van der Waals surface area contributed by atoms with E-state index in [0.29, 0.717) is 25.2 Å². The third-order valence-corrected chi connectivity index (χ3v) is 4.38. The second-order valence-corrected chi connectivity index (χ2v) is 6.41. The van der Waals surface area contributed by atoms with Crippen molar-refractivity contribution >= 4 is 5.91 Å². The SMILES string of the molecule is O=C(NCC1Cc2ccccc2CO1)c1cc(C(F)(F)F)cc(C(F)(F)F)c1. The van der Waals surface area contributed by atoms with E-state index in [9.17, 15) is 31.1 Å². The molecule has 0 saturated carbocycles. The first-order valence-corrected chi connectivity index (χ1v) is 8.30. The fraction of sp³-hybridized carbons (Fsp3) is 0.316. The van der Waals surface area contributed by atoms with Gasteiger partial charge in [-0.05, 0) is 29.3 Å². The maximum atomic E-state index is 12.9. The first kappa shape index (κ1) is 20.2. The lowest BCUT2D eigenvalue weighted by Gasteiger charge is -2.25. The van der Waals surface area contributed by atoms with Crippen LogP contribution in [0.3, 0.4) is 0 Å². The normalized spacial score (nSPS) is 17.1. The lowest BCUT2D eigenvalue weighted by atomic mass is 9.99. The van der Waals surface area contributed by atoms with E-state index in [1.807, 2.05) is 24.3 Å². The number of rotatable bonds is 3. The van der Waals surface area contributed by atoms with Crippen molar-refractivity contribution < 1.29 is 35.9 Å². The zero-order chi connectivity index (χ0) is 20.5. The van der Waals surface area contributed by atoms with Gasteiger partial charge >= 0.3 is 12.4 Å². The van der Waals surface area contributed by atoms with E-state index in [1.54, 1.807) is 0 Å². The fourth-order valence-corrected chi connectivity index (χ4v) is 2.93. The zero-order valence-corrected chi connectivity index (χ0v) is 14.3. The van der Waals surface area contributed by atoms with Crippen LogP contribution in [0.5, 0.6) is 0 Å². The van der Waals surface area contributed by atoms with Crippen LogP contribution in [0, 0.1) is 0 Å². The van der Waals surface area contributed by atoms with E-state index in [4.69, 9.17) is 4.74 Å². The van der Waals surface area contributed by atoms with E-state index >= 15 is 0 Å². The molecule has 1 unspecified atom stereocenters. The summed E-state index contributed by atoms with van der Waals surface area (Å²) in [6, 6.07) is 8.29. The van der Waals surface area contributed by atoms with E-state index < -0.39 is 41.1 Å². The summed E-state index contributed by atoms with van der Waals surface area (Å²) in [7, 11) is 0. The summed E-state index contributed by atoms with van der Waals surface area (Å²) in [5.41, 5.74) is -1.76. The Bertz CT molecular complexity index is 843. The van der Waals surface area contributed by atoms with Gasteiger partial charge in [-0.3, -0.25) is 4.79 Å². The number of benzene rings is 2. The predicted molar refractivity (Wildman–Crippen MR) is 87.5 cm³/mol. The number of halogens is 6. The molecule has 2 aromatic carbocycles. The maximum Gasteiger partial charge on any atom is 0.416 e. The first-order valence-electron chi connectivity index (χ1n) is 8.30. The third kappa shape index (κ3) is 4.64. The molecule has 1 atom stereocenters. The summed E-state index contributed by atoms with van der Waals surface area (Å²) >= 11 is 0. The van der Waals surface area contributed by atoms with Gasteiger partial charge in [0, 0.05) is 18.5 Å². The highest BCUT2D eigenvalue weighted by atomic mass is 19.4. The molecule has 0 spiro atoms. The number of fused-ring (bicyclic) bond motifs is 1. The molecule has 1 aliphatic rings. The summed E-state index contributed by atoms with van der Waals surface area (Å²) in [6.07, 6.45) is -9.96. The molecule has 9 heteroatoms. The van der Waals surface area contributed by atoms with Crippen molar-refractivity contribution in [1.29, 1.82) is 0 Å². The Morgan fingerprint density at radius 1 is 0.964 bits per heavy atom. The van der Waals surface area contributed by atoms with Crippen molar-refractivity contribution in [3.63, 3.8) is 0 Å². The van der Waals surface area contributed by atoms with Crippen molar-refractivity contribution in [1.82, 2.24) is 5.32 Å². The van der Waals surface area contributed by atoms with Gasteiger partial charge in [0.15, 0.2) is 0 Å². The molecule has 1 heterocycles. The molecule has 2 aromatic rings. The molecule has 1 amide bonds. The molecule has 0 bridgehead atoms. The quantitative estimate of drug-likeness (QED) is 0.761. The van der Waals surface area contributed by atoms with Gasteiger partial charge in [-0.2, -0.15) is 26.3 Å². The van der Waals surface area contributed by atoms with E-state index in [-0.39, 0.29) is 12.6 Å². The second kappa shape index (κ2) is 7.46. The maximum absolute atomic E-state index is 12.9. The van der Waals surface area contributed by atoms with Crippen LogP contribution in [0.25, 0.3) is 0 Å². The molecule has 0 fully saturated rings. The van der Waals surface area contributed by atoms with E-state index in [2.05, 4.69) is 5.32 Å². The first-order chi connectivity index (χ1) is 13.0. The standard InChI is InChI=1S/C19H15F6NO2/c20-18(21,22)14-5-13(6-15(8-14)19(23,24)25)17(27)26-9-16-7-11-3-1-2-4-12(11)10-28-16/h1-6,8,16H,7,9-10H2,(H,26,27). The van der Waals surface area contributed by atoms with Crippen molar-refractivity contribution in [3.05, 3.63) is 70.3 Å². The molecule has 0 aliphatic carbocycles. The highest BCUT2D eigenvalue weighted by molar-refractivity contribution is 5.94. The molecule has 0 saturated heterocycles. The summed E-state index contributed by atoms with van der Waals surface area (Å²) in [5, 5.41) is 2.36. The number of ether oxygens (including phenoxy) is 1. The molecule has 0 radical (unpaired) electrons. The van der Waals surface area contributed by atoms with Crippen LogP contribution in [-0.2, 0) is 30.1 Å². The second-order valence-electron chi connectivity index (χ2n) is 6.41. The largest absolute Gasteiger partial charge is 0.416 e. The Hall–Kier alpha value is -2.55. The van der Waals surface area contributed by atoms with Crippen LogP contribution < -0.4 is 5.32 Å². The molecular weight excluding hydrogens is 388 g/mol. The fourth-order valence-electron chi connectivity index (χ4n) is 2.93. The molecule has 3 rings (SSSR count). The van der Waals surface area contributed by atoms with Gasteiger partial charge < -0.3 is 10.1 Å². The van der Waals surface area contributed by atoms with Crippen molar-refractivity contribution in [3.8, 4) is 0 Å². The summed E-state index contributed by atoms with van der Waals surface area (Å²) in [4.78, 5) is 12.2. The molecule has 0 aromatic heterocycles. The van der Waals surface area contributed by atoms with Crippen LogP contribution >= 0.6 is 0 Å². The summed E-state index contributed by atoms with van der Waals surface area (Å²) in [6.45, 7) is 0.281. The average Bonchev–Trinajstić information content (AvgIpc) is 2.64. The highest BCUT2D eigenvalue weighted by Crippen LogP contribution is 2.36. The van der Waals surface area contributed by atoms with Gasteiger partial charge in [0.05, 0.1) is 23.8 Å². The topological polar surface area (TPSA) is 38.3 Å². The van der Waals surface area contributed by atoms with Crippen LogP contribution in [0.1, 0.15) is 32.6 Å². The average molecular weight is 403 g/mol. The van der Waals surface area contributed by atoms with Gasteiger partial charge in [-0.25, -0.2) is 0 Å². The lowest BCUT2D eigenvalue weighted by molar-refractivity contribution is -0.143. The molecule has 3 nitrogen and oxygen atoms in total.